The van der Waals surface area contributed by atoms with Gasteiger partial charge in [0.25, 0.3) is 0 Å². The van der Waals surface area contributed by atoms with E-state index in [0.717, 1.165) is 69.8 Å². The number of carbonyl (C=O) groups is 2. The van der Waals surface area contributed by atoms with Gasteiger partial charge in [-0.15, -0.1) is 25.0 Å². The van der Waals surface area contributed by atoms with Crippen LogP contribution in [0.2, 0.25) is 0 Å². The molecule has 8 aliphatic carbocycles. The monoisotopic (exact) mass is 1440 g/mol. The Balaban J connectivity index is 0.000000241. The average Bonchev–Trinajstić information content (AvgIpc) is 0.847. The van der Waals surface area contributed by atoms with E-state index < -0.39 is 57.9 Å². The van der Waals surface area contributed by atoms with Crippen LogP contribution >= 0.6 is 12.4 Å². The van der Waals surface area contributed by atoms with Crippen LogP contribution in [0.5, 0.6) is 0 Å². The Morgan fingerprint density at radius 3 is 1.06 bits per heavy atom. The number of hydrogen-bond acceptors (Lipinski definition) is 9. The summed E-state index contributed by atoms with van der Waals surface area (Å²) >= 11 is -0.440. The molecule has 4 unspecified atom stereocenters. The van der Waals surface area contributed by atoms with Crippen LogP contribution < -0.4 is 72.0 Å². The number of carbonyl (C=O) groups excluding carboxylic acids is 2. The first-order valence-corrected chi connectivity index (χ1v) is 34.0. The van der Waals surface area contributed by atoms with Crippen molar-refractivity contribution in [1.82, 2.24) is 0 Å². The number of hydrogen-bond donors (Lipinski definition) is 2. The van der Waals surface area contributed by atoms with Gasteiger partial charge in [-0.1, -0.05) is 0 Å². The van der Waals surface area contributed by atoms with Crippen LogP contribution in [0.4, 0.5) is 17.6 Å². The number of alkyl halides is 2. The zero-order valence-electron chi connectivity index (χ0n) is 51.0. The van der Waals surface area contributed by atoms with Crippen molar-refractivity contribution in [2.75, 3.05) is 13.2 Å². The summed E-state index contributed by atoms with van der Waals surface area (Å²) in [7, 11) is -3.11. The molecular weight excluding hydrogens is 1360 g/mol. The second-order valence-electron chi connectivity index (χ2n) is 28.7. The first kappa shape index (κ1) is 72.4. The minimum atomic E-state index is -3.58. The molecule has 0 spiro atoms. The molecule has 2 N–H and O–H groups in total. The number of ether oxygens (including phenoxy) is 2. The third kappa shape index (κ3) is 19.8. The van der Waals surface area contributed by atoms with Gasteiger partial charge in [-0.3, -0.25) is 4.79 Å². The van der Waals surface area contributed by atoms with E-state index in [1.807, 2.05) is 24.3 Å². The van der Waals surface area contributed by atoms with E-state index in [4.69, 9.17) is 22.1 Å². The zero-order chi connectivity index (χ0) is 60.5. The SMILES string of the molecule is CC(C)(C)c1ccc([I-]c2ccc(C(C)(C)C)cc2)cc1.CC(C)(C)c1ccc([I-]c2ccc(C(C)(C)CC(F)(F)C(=O)OCC34CC5CC(CC(O)(C5)C3)C4)cc2)cc1.Cl.O=C(OCC12CC3CC(CC(O)(C3)C1)C2)[C-](F)F.O=S(=O)=O.[Na+]. The Morgan fingerprint density at radius 2 is 0.798 bits per heavy atom. The van der Waals surface area contributed by atoms with Gasteiger partial charge in [0.15, 0.2) is 0 Å². The normalized spacial score (nSPS) is 26.4. The van der Waals surface area contributed by atoms with Crippen LogP contribution in [0.25, 0.3) is 0 Å². The fourth-order valence-corrected chi connectivity index (χ4v) is 19.0. The van der Waals surface area contributed by atoms with Crippen LogP contribution in [0.3, 0.4) is 0 Å². The molecule has 12 rings (SSSR count). The Kier molecular flexibility index (Phi) is 24.4. The van der Waals surface area contributed by atoms with Crippen LogP contribution in [-0.2, 0) is 51.3 Å². The first-order chi connectivity index (χ1) is 37.9. The van der Waals surface area contributed by atoms with Crippen molar-refractivity contribution in [3.63, 3.8) is 0 Å². The number of aliphatic hydroxyl groups is 2. The first-order valence-electron chi connectivity index (χ1n) is 28.7. The minimum Gasteiger partial charge on any atom is -0.483 e. The molecule has 0 radical (unpaired) electrons. The molecule has 4 aromatic rings. The summed E-state index contributed by atoms with van der Waals surface area (Å²) in [5.74, 6) is -4.76. The van der Waals surface area contributed by atoms with Gasteiger partial charge >= 0.3 is 382 Å². The molecule has 9 nitrogen and oxygen atoms in total. The Bertz CT molecular complexity index is 2870. The van der Waals surface area contributed by atoms with Gasteiger partial charge in [0.05, 0.1) is 17.8 Å². The molecule has 8 saturated carbocycles. The van der Waals surface area contributed by atoms with E-state index in [1.54, 1.807) is 13.8 Å². The Morgan fingerprint density at radius 1 is 0.524 bits per heavy atom. The molecule has 0 aliphatic heterocycles. The summed E-state index contributed by atoms with van der Waals surface area (Å²) in [5.41, 5.74) is 2.68. The molecule has 0 heterocycles. The van der Waals surface area contributed by atoms with Gasteiger partial charge in [0.1, 0.15) is 0 Å². The van der Waals surface area contributed by atoms with Crippen LogP contribution in [0, 0.1) is 55.2 Å². The fourth-order valence-electron chi connectivity index (χ4n) is 14.7. The van der Waals surface area contributed by atoms with E-state index in [0.29, 0.717) is 36.5 Å². The minimum absolute atomic E-state index is 0. The summed E-state index contributed by atoms with van der Waals surface area (Å²) < 4.78 is 95.4. The van der Waals surface area contributed by atoms with Crippen molar-refractivity contribution in [2.24, 2.45) is 34.5 Å². The summed E-state index contributed by atoms with van der Waals surface area (Å²) in [4.78, 5) is 23.5. The third-order valence-electron chi connectivity index (χ3n) is 17.6. The van der Waals surface area contributed by atoms with Crippen LogP contribution in [0.1, 0.15) is 182 Å². The molecule has 18 heteroatoms. The van der Waals surface area contributed by atoms with E-state index in [9.17, 15) is 28.6 Å². The van der Waals surface area contributed by atoms with Crippen molar-refractivity contribution in [1.29, 1.82) is 0 Å². The molecule has 8 fully saturated rings. The molecule has 4 aromatic carbocycles. The summed E-state index contributed by atoms with van der Waals surface area (Å²) in [6.07, 6.45) is 7.25. The van der Waals surface area contributed by atoms with Crippen LogP contribution in [-0.4, -0.2) is 65.1 Å². The Labute approximate surface area is 547 Å². The molecule has 8 aliphatic rings. The number of halogens is 7. The van der Waals surface area contributed by atoms with Crippen molar-refractivity contribution in [2.45, 2.75) is 198 Å². The summed E-state index contributed by atoms with van der Waals surface area (Å²) in [6, 6.07) is 35.1. The smallest absolute Gasteiger partial charge is 0.483 e. The number of rotatable bonds is 13. The van der Waals surface area contributed by atoms with E-state index in [2.05, 4.69) is 135 Å². The molecule has 8 bridgehead atoms. The average molecular weight is 1440 g/mol. The summed E-state index contributed by atoms with van der Waals surface area (Å²) in [5, 5.41) is 21.4. The van der Waals surface area contributed by atoms with E-state index in [1.165, 1.54) is 31.0 Å². The maximum atomic E-state index is 15.2. The topological polar surface area (TPSA) is 144 Å². The van der Waals surface area contributed by atoms with Gasteiger partial charge in [0.2, 0.25) is 5.97 Å². The van der Waals surface area contributed by atoms with Crippen molar-refractivity contribution >= 4 is 35.0 Å². The Hall–Kier alpha value is -2.30. The second-order valence-corrected chi connectivity index (χ2v) is 35.2. The van der Waals surface area contributed by atoms with Gasteiger partial charge in [-0.25, -0.2) is 0 Å². The van der Waals surface area contributed by atoms with E-state index >= 15 is 8.78 Å². The third-order valence-corrected chi connectivity index (χ3v) is 23.0. The van der Waals surface area contributed by atoms with Crippen molar-refractivity contribution in [3.8, 4) is 0 Å². The predicted molar refractivity (Wildman–Crippen MR) is 308 cm³/mol. The standard InChI is InChI=1S/C33H42F2IO3.C20H26I.C13H17F2O3.ClH.Na.O3S/c1-29(2,3)24-6-10-26(11-7-24)36-27-12-8-25(9-13-27)30(4,5)19-33(34,35)28(37)39-21-31-15-22-14-23(16-31)18-32(38,17-22)20-31;1-19(2,3)15-7-11-17(12-8-15)21-18-13-9-16(10-14-18)20(4,5)6;14-10(15)11(16)18-7-12-2-8-1-9(3-12)5-13(17,4-8)6-12;;;1-4(2)3/h6-13,22-23,38H,14-21H2,1-5H3;7-14H,1-6H3;8-9,17H,1-7H2;1H;;/q3*-1;;+1;. The quantitative estimate of drug-likeness (QED) is 0.0591. The molecule has 0 amide bonds. The molecule has 0 aromatic heterocycles. The van der Waals surface area contributed by atoms with Crippen LogP contribution in [0.15, 0.2) is 97.1 Å². The van der Waals surface area contributed by atoms with Crippen molar-refractivity contribution in [3.05, 3.63) is 140 Å². The maximum absolute atomic E-state index is 15.2. The van der Waals surface area contributed by atoms with E-state index in [-0.39, 0.29) is 125 Å². The fraction of sp³-hybridized carbons (Fsp3) is 0.591. The maximum Gasteiger partial charge on any atom is 1.00 e. The largest absolute Gasteiger partial charge is 1.00 e. The zero-order valence-corrected chi connectivity index (χ0v) is 58.9. The predicted octanol–water partition coefficient (Wildman–Crippen LogP) is 5.41. The van der Waals surface area contributed by atoms with Gasteiger partial charge < -0.3 is 23.7 Å². The molecular formula is C66H86ClF4I2NaO9S-2. The molecule has 0 saturated heterocycles. The number of esters is 2. The van der Waals surface area contributed by atoms with Gasteiger partial charge in [0, 0.05) is 11.8 Å². The van der Waals surface area contributed by atoms with Gasteiger partial charge in [-0.05, 0) is 81.5 Å². The van der Waals surface area contributed by atoms with Crippen molar-refractivity contribution < 1.29 is 131 Å². The molecule has 462 valence electrons. The molecule has 84 heavy (non-hydrogen) atoms. The summed E-state index contributed by atoms with van der Waals surface area (Å²) in [6.45, 7) is 23.7. The second kappa shape index (κ2) is 28.3. The molecule has 4 atom stereocenters. The van der Waals surface area contributed by atoms with Gasteiger partial charge in [-0.2, -0.15) is 0 Å². The number of benzene rings is 4.